The summed E-state index contributed by atoms with van der Waals surface area (Å²) in [5, 5.41) is 0. The molecule has 0 radical (unpaired) electrons. The van der Waals surface area contributed by atoms with Gasteiger partial charge in [-0.2, -0.15) is 0 Å². The Kier molecular flexibility index (Phi) is 3.52. The number of ether oxygens (including phenoxy) is 1. The van der Waals surface area contributed by atoms with Crippen LogP contribution in [0.15, 0.2) is 67.4 Å². The van der Waals surface area contributed by atoms with Gasteiger partial charge in [0.2, 0.25) is 0 Å². The lowest BCUT2D eigenvalue weighted by atomic mass is 9.78. The van der Waals surface area contributed by atoms with E-state index in [4.69, 9.17) is 4.74 Å². The molecule has 1 nitrogen and oxygen atoms in total. The van der Waals surface area contributed by atoms with Gasteiger partial charge in [-0.1, -0.05) is 62.9 Å². The Hall–Kier alpha value is -2.02. The minimum atomic E-state index is -0.00598. The van der Waals surface area contributed by atoms with Gasteiger partial charge < -0.3 is 4.74 Å². The summed E-state index contributed by atoms with van der Waals surface area (Å²) in [5.74, 6) is 0.817. The number of hydrogen-bond acceptors (Lipinski definition) is 1. The SMILES string of the molecule is C=COc1ccc(C(C)(C)c2ccccc2)cc1. The van der Waals surface area contributed by atoms with Gasteiger partial charge in [0.05, 0.1) is 6.26 Å². The number of rotatable bonds is 4. The first kappa shape index (κ1) is 12.4. The van der Waals surface area contributed by atoms with E-state index in [2.05, 4.69) is 56.8 Å². The Morgan fingerprint density at radius 2 is 1.44 bits per heavy atom. The van der Waals surface area contributed by atoms with Gasteiger partial charge in [0.15, 0.2) is 0 Å². The Morgan fingerprint density at radius 3 is 2.00 bits per heavy atom. The summed E-state index contributed by atoms with van der Waals surface area (Å²) < 4.78 is 5.24. The molecule has 0 unspecified atom stereocenters. The Bertz CT molecular complexity index is 509. The minimum absolute atomic E-state index is 0.00598. The predicted octanol–water partition coefficient (Wildman–Crippen LogP) is 4.53. The molecule has 0 aliphatic rings. The minimum Gasteiger partial charge on any atom is -0.466 e. The van der Waals surface area contributed by atoms with Crippen LogP contribution in [0.25, 0.3) is 0 Å². The third kappa shape index (κ3) is 2.45. The van der Waals surface area contributed by atoms with Gasteiger partial charge in [-0.25, -0.2) is 0 Å². The highest BCUT2D eigenvalue weighted by atomic mass is 16.5. The summed E-state index contributed by atoms with van der Waals surface area (Å²) in [6, 6.07) is 18.7. The summed E-state index contributed by atoms with van der Waals surface area (Å²) in [6.45, 7) is 8.01. The molecule has 1 heteroatoms. The molecule has 0 spiro atoms. The zero-order valence-corrected chi connectivity index (χ0v) is 10.9. The fourth-order valence-corrected chi connectivity index (χ4v) is 2.07. The van der Waals surface area contributed by atoms with Crippen LogP contribution in [0, 0.1) is 0 Å². The Labute approximate surface area is 109 Å². The monoisotopic (exact) mass is 238 g/mol. The molecule has 0 bridgehead atoms. The van der Waals surface area contributed by atoms with Gasteiger partial charge in [0, 0.05) is 5.41 Å². The molecule has 0 aliphatic heterocycles. The molecule has 0 saturated carbocycles. The molecule has 18 heavy (non-hydrogen) atoms. The lowest BCUT2D eigenvalue weighted by Crippen LogP contribution is -2.18. The van der Waals surface area contributed by atoms with E-state index < -0.39 is 0 Å². The molecule has 2 aromatic rings. The van der Waals surface area contributed by atoms with Gasteiger partial charge >= 0.3 is 0 Å². The smallest absolute Gasteiger partial charge is 0.126 e. The zero-order chi connectivity index (χ0) is 13.0. The summed E-state index contributed by atoms with van der Waals surface area (Å²) in [4.78, 5) is 0. The van der Waals surface area contributed by atoms with Crippen molar-refractivity contribution in [2.24, 2.45) is 0 Å². The number of benzene rings is 2. The van der Waals surface area contributed by atoms with Crippen molar-refractivity contribution in [2.75, 3.05) is 0 Å². The second kappa shape index (κ2) is 5.09. The Morgan fingerprint density at radius 1 is 0.889 bits per heavy atom. The summed E-state index contributed by atoms with van der Waals surface area (Å²) >= 11 is 0. The number of hydrogen-bond donors (Lipinski definition) is 0. The molecule has 92 valence electrons. The van der Waals surface area contributed by atoms with E-state index in [1.54, 1.807) is 0 Å². The third-order valence-corrected chi connectivity index (χ3v) is 3.29. The lowest BCUT2D eigenvalue weighted by molar-refractivity contribution is 0.482. The molecular formula is C17H18O. The van der Waals surface area contributed by atoms with E-state index in [1.165, 1.54) is 17.4 Å². The second-order valence-electron chi connectivity index (χ2n) is 4.80. The van der Waals surface area contributed by atoms with Crippen LogP contribution in [0.3, 0.4) is 0 Å². The van der Waals surface area contributed by atoms with E-state index in [-0.39, 0.29) is 5.41 Å². The zero-order valence-electron chi connectivity index (χ0n) is 10.9. The largest absolute Gasteiger partial charge is 0.466 e. The average molecular weight is 238 g/mol. The molecular weight excluding hydrogens is 220 g/mol. The standard InChI is InChI=1S/C17H18O/c1-4-18-16-12-10-15(11-13-16)17(2,3)14-8-6-5-7-9-14/h4-13H,1H2,2-3H3. The first-order valence-electron chi connectivity index (χ1n) is 6.08. The van der Waals surface area contributed by atoms with Crippen LogP contribution in [0.2, 0.25) is 0 Å². The van der Waals surface area contributed by atoms with Crippen LogP contribution >= 0.6 is 0 Å². The molecule has 0 aromatic heterocycles. The highest BCUT2D eigenvalue weighted by Crippen LogP contribution is 2.32. The van der Waals surface area contributed by atoms with Gasteiger partial charge in [-0.15, -0.1) is 0 Å². The van der Waals surface area contributed by atoms with Crippen molar-refractivity contribution in [3.63, 3.8) is 0 Å². The first-order chi connectivity index (χ1) is 8.64. The van der Waals surface area contributed by atoms with Crippen molar-refractivity contribution < 1.29 is 4.74 Å². The molecule has 0 fully saturated rings. The maximum absolute atomic E-state index is 5.24. The van der Waals surface area contributed by atoms with Crippen molar-refractivity contribution >= 4 is 0 Å². The van der Waals surface area contributed by atoms with Crippen LogP contribution in [0.5, 0.6) is 5.75 Å². The Balaban J connectivity index is 2.32. The van der Waals surface area contributed by atoms with Crippen LogP contribution in [0.1, 0.15) is 25.0 Å². The quantitative estimate of drug-likeness (QED) is 0.711. The normalized spacial score (nSPS) is 11.0. The van der Waals surface area contributed by atoms with E-state index in [0.717, 1.165) is 5.75 Å². The molecule has 2 aromatic carbocycles. The summed E-state index contributed by atoms with van der Waals surface area (Å²) in [7, 11) is 0. The fraction of sp³-hybridized carbons (Fsp3) is 0.176. The third-order valence-electron chi connectivity index (χ3n) is 3.29. The predicted molar refractivity (Wildman–Crippen MR) is 75.8 cm³/mol. The van der Waals surface area contributed by atoms with E-state index in [1.807, 2.05) is 18.2 Å². The van der Waals surface area contributed by atoms with Crippen LogP contribution in [-0.4, -0.2) is 0 Å². The van der Waals surface area contributed by atoms with E-state index in [0.29, 0.717) is 0 Å². The first-order valence-corrected chi connectivity index (χ1v) is 6.08. The fourth-order valence-electron chi connectivity index (χ4n) is 2.07. The van der Waals surface area contributed by atoms with Crippen molar-refractivity contribution in [3.05, 3.63) is 78.6 Å². The van der Waals surface area contributed by atoms with Gasteiger partial charge in [-0.3, -0.25) is 0 Å². The van der Waals surface area contributed by atoms with Crippen molar-refractivity contribution in [2.45, 2.75) is 19.3 Å². The van der Waals surface area contributed by atoms with Gasteiger partial charge in [0.25, 0.3) is 0 Å². The molecule has 0 N–H and O–H groups in total. The van der Waals surface area contributed by atoms with Crippen LogP contribution in [-0.2, 0) is 5.41 Å². The van der Waals surface area contributed by atoms with Crippen molar-refractivity contribution in [1.82, 2.24) is 0 Å². The van der Waals surface area contributed by atoms with E-state index >= 15 is 0 Å². The highest BCUT2D eigenvalue weighted by molar-refractivity contribution is 5.39. The van der Waals surface area contributed by atoms with Gasteiger partial charge in [-0.05, 0) is 23.3 Å². The van der Waals surface area contributed by atoms with Crippen LogP contribution in [0.4, 0.5) is 0 Å². The van der Waals surface area contributed by atoms with E-state index in [9.17, 15) is 0 Å². The molecule has 0 amide bonds. The molecule has 0 aliphatic carbocycles. The average Bonchev–Trinajstić information content (AvgIpc) is 2.41. The molecule has 0 saturated heterocycles. The van der Waals surface area contributed by atoms with Crippen molar-refractivity contribution in [3.8, 4) is 5.75 Å². The lowest BCUT2D eigenvalue weighted by Gasteiger charge is -2.26. The molecule has 0 atom stereocenters. The summed E-state index contributed by atoms with van der Waals surface area (Å²) in [5.41, 5.74) is 2.57. The highest BCUT2D eigenvalue weighted by Gasteiger charge is 2.22. The van der Waals surface area contributed by atoms with Crippen LogP contribution < -0.4 is 4.74 Å². The maximum Gasteiger partial charge on any atom is 0.126 e. The second-order valence-corrected chi connectivity index (χ2v) is 4.80. The van der Waals surface area contributed by atoms with Gasteiger partial charge in [0.1, 0.15) is 5.75 Å². The molecule has 0 heterocycles. The topological polar surface area (TPSA) is 9.23 Å². The molecule has 2 rings (SSSR count). The van der Waals surface area contributed by atoms with Crippen molar-refractivity contribution in [1.29, 1.82) is 0 Å². The summed E-state index contributed by atoms with van der Waals surface area (Å²) in [6.07, 6.45) is 1.44. The maximum atomic E-state index is 5.24.